The summed E-state index contributed by atoms with van der Waals surface area (Å²) < 4.78 is 16.0. The summed E-state index contributed by atoms with van der Waals surface area (Å²) >= 11 is 0. The van der Waals surface area contributed by atoms with Crippen molar-refractivity contribution in [3.05, 3.63) is 65.0 Å². The van der Waals surface area contributed by atoms with Gasteiger partial charge in [-0.3, -0.25) is 14.9 Å². The average molecular weight is 450 g/mol. The van der Waals surface area contributed by atoms with E-state index in [0.29, 0.717) is 29.4 Å². The summed E-state index contributed by atoms with van der Waals surface area (Å²) in [5.41, 5.74) is 4.26. The number of amides is 1. The van der Waals surface area contributed by atoms with Gasteiger partial charge in [-0.1, -0.05) is 0 Å². The quantitative estimate of drug-likeness (QED) is 0.376. The van der Waals surface area contributed by atoms with Crippen molar-refractivity contribution in [2.45, 2.75) is 20.8 Å². The molecule has 0 radical (unpaired) electrons. The van der Waals surface area contributed by atoms with E-state index in [1.165, 1.54) is 7.11 Å². The smallest absolute Gasteiger partial charge is 0.338 e. The monoisotopic (exact) mass is 450 g/mol. The SMILES string of the molecule is CCOC(=O)c1ccc(NC(=O)COc2ccc(C=Nc3c(C)n[nH]c3C)cc2OC)cc1. The van der Waals surface area contributed by atoms with Gasteiger partial charge < -0.3 is 19.5 Å². The lowest BCUT2D eigenvalue weighted by atomic mass is 10.2. The van der Waals surface area contributed by atoms with Crippen LogP contribution in [0.5, 0.6) is 11.5 Å². The second kappa shape index (κ2) is 10.9. The number of hydrogen-bond donors (Lipinski definition) is 2. The third kappa shape index (κ3) is 6.19. The number of methoxy groups -OCH3 is 1. The zero-order valence-electron chi connectivity index (χ0n) is 19.0. The van der Waals surface area contributed by atoms with Gasteiger partial charge in [-0.15, -0.1) is 0 Å². The fraction of sp³-hybridized carbons (Fsp3) is 0.250. The van der Waals surface area contributed by atoms with Gasteiger partial charge in [0.05, 0.1) is 30.7 Å². The Bertz CT molecular complexity index is 1130. The van der Waals surface area contributed by atoms with Gasteiger partial charge in [0.25, 0.3) is 5.91 Å². The molecular weight excluding hydrogens is 424 g/mol. The van der Waals surface area contributed by atoms with E-state index >= 15 is 0 Å². The molecule has 9 nitrogen and oxygen atoms in total. The van der Waals surface area contributed by atoms with E-state index < -0.39 is 5.97 Å². The van der Waals surface area contributed by atoms with Gasteiger partial charge in [0.1, 0.15) is 5.69 Å². The molecule has 33 heavy (non-hydrogen) atoms. The van der Waals surface area contributed by atoms with Crippen LogP contribution in [0.25, 0.3) is 0 Å². The van der Waals surface area contributed by atoms with Crippen LogP contribution in [0.2, 0.25) is 0 Å². The number of H-pyrrole nitrogens is 1. The number of aromatic amines is 1. The van der Waals surface area contributed by atoms with E-state index in [1.807, 2.05) is 19.9 Å². The Morgan fingerprint density at radius 3 is 2.52 bits per heavy atom. The minimum atomic E-state index is -0.408. The van der Waals surface area contributed by atoms with E-state index in [0.717, 1.165) is 22.6 Å². The van der Waals surface area contributed by atoms with Crippen LogP contribution in [-0.4, -0.2) is 48.6 Å². The normalized spacial score (nSPS) is 10.8. The highest BCUT2D eigenvalue weighted by molar-refractivity contribution is 5.93. The van der Waals surface area contributed by atoms with Crippen LogP contribution in [-0.2, 0) is 9.53 Å². The zero-order chi connectivity index (χ0) is 23.8. The molecular formula is C24H26N4O5. The van der Waals surface area contributed by atoms with Crippen molar-refractivity contribution < 1.29 is 23.8 Å². The molecule has 0 spiro atoms. The number of ether oxygens (including phenoxy) is 3. The van der Waals surface area contributed by atoms with E-state index in [-0.39, 0.29) is 12.5 Å². The summed E-state index contributed by atoms with van der Waals surface area (Å²) in [6, 6.07) is 11.7. The van der Waals surface area contributed by atoms with Gasteiger partial charge >= 0.3 is 5.97 Å². The number of carbonyl (C=O) groups is 2. The summed E-state index contributed by atoms with van der Waals surface area (Å²) in [4.78, 5) is 28.5. The maximum absolute atomic E-state index is 12.3. The van der Waals surface area contributed by atoms with Crippen LogP contribution >= 0.6 is 0 Å². The molecule has 0 saturated carbocycles. The predicted molar refractivity (Wildman–Crippen MR) is 125 cm³/mol. The van der Waals surface area contributed by atoms with Gasteiger partial charge in [0.2, 0.25) is 0 Å². The second-order valence-corrected chi connectivity index (χ2v) is 7.09. The van der Waals surface area contributed by atoms with Gasteiger partial charge in [0.15, 0.2) is 18.1 Å². The minimum absolute atomic E-state index is 0.211. The van der Waals surface area contributed by atoms with Crippen LogP contribution < -0.4 is 14.8 Å². The summed E-state index contributed by atoms with van der Waals surface area (Å²) in [6.07, 6.45) is 1.71. The number of benzene rings is 2. The molecule has 0 aliphatic heterocycles. The van der Waals surface area contributed by atoms with Crippen LogP contribution in [0.15, 0.2) is 47.5 Å². The zero-order valence-corrected chi connectivity index (χ0v) is 19.0. The summed E-state index contributed by atoms with van der Waals surface area (Å²) in [5.74, 6) is 0.149. The molecule has 0 fully saturated rings. The predicted octanol–water partition coefficient (Wildman–Crippen LogP) is 3.98. The maximum atomic E-state index is 12.3. The van der Waals surface area contributed by atoms with Crippen LogP contribution in [0.1, 0.15) is 34.2 Å². The number of hydrogen-bond acceptors (Lipinski definition) is 7. The van der Waals surface area contributed by atoms with Crippen LogP contribution in [0.3, 0.4) is 0 Å². The van der Waals surface area contributed by atoms with Crippen molar-refractivity contribution >= 4 is 29.5 Å². The lowest BCUT2D eigenvalue weighted by Gasteiger charge is -2.11. The third-order valence-electron chi connectivity index (χ3n) is 4.66. The van der Waals surface area contributed by atoms with Crippen molar-refractivity contribution in [3.63, 3.8) is 0 Å². The molecule has 172 valence electrons. The van der Waals surface area contributed by atoms with Gasteiger partial charge in [0, 0.05) is 11.9 Å². The number of esters is 1. The number of nitrogens with zero attached hydrogens (tertiary/aromatic N) is 2. The molecule has 1 heterocycles. The highest BCUT2D eigenvalue weighted by Gasteiger charge is 2.11. The molecule has 9 heteroatoms. The summed E-state index contributed by atoms with van der Waals surface area (Å²) in [5, 5.41) is 9.74. The Balaban J connectivity index is 1.59. The number of aromatic nitrogens is 2. The molecule has 0 bridgehead atoms. The Kier molecular flexibility index (Phi) is 7.80. The number of aliphatic imine (C=N–C) groups is 1. The molecule has 2 N–H and O–H groups in total. The van der Waals surface area contributed by atoms with Crippen molar-refractivity contribution in [3.8, 4) is 11.5 Å². The first-order valence-electron chi connectivity index (χ1n) is 10.3. The fourth-order valence-corrected chi connectivity index (χ4v) is 3.00. The Morgan fingerprint density at radius 1 is 1.12 bits per heavy atom. The molecule has 3 rings (SSSR count). The number of anilines is 1. The molecule has 0 aliphatic rings. The number of nitrogens with one attached hydrogen (secondary N) is 2. The first kappa shape index (κ1) is 23.5. The van der Waals surface area contributed by atoms with E-state index in [2.05, 4.69) is 20.5 Å². The van der Waals surface area contributed by atoms with Gasteiger partial charge in [-0.25, -0.2) is 4.79 Å². The summed E-state index contributed by atoms with van der Waals surface area (Å²) in [6.45, 7) is 5.62. The largest absolute Gasteiger partial charge is 0.493 e. The van der Waals surface area contributed by atoms with E-state index in [4.69, 9.17) is 14.2 Å². The lowest BCUT2D eigenvalue weighted by Crippen LogP contribution is -2.20. The van der Waals surface area contributed by atoms with Crippen molar-refractivity contribution in [1.29, 1.82) is 0 Å². The molecule has 3 aromatic rings. The first-order valence-corrected chi connectivity index (χ1v) is 10.3. The second-order valence-electron chi connectivity index (χ2n) is 7.09. The van der Waals surface area contributed by atoms with Crippen molar-refractivity contribution in [2.24, 2.45) is 4.99 Å². The standard InChI is InChI=1S/C24H26N4O5/c1-5-32-24(30)18-7-9-19(10-8-18)26-22(29)14-33-20-11-6-17(12-21(20)31-4)13-25-23-15(2)27-28-16(23)3/h6-13H,5,14H2,1-4H3,(H,26,29)(H,27,28). The molecule has 1 aromatic heterocycles. The summed E-state index contributed by atoms with van der Waals surface area (Å²) in [7, 11) is 1.53. The van der Waals surface area contributed by atoms with E-state index in [1.54, 1.807) is 49.5 Å². The molecule has 0 saturated heterocycles. The molecule has 0 aliphatic carbocycles. The number of aryl methyl sites for hydroxylation is 2. The molecule has 0 unspecified atom stereocenters. The molecule has 2 aromatic carbocycles. The number of carbonyl (C=O) groups excluding carboxylic acids is 2. The topological polar surface area (TPSA) is 115 Å². The van der Waals surface area contributed by atoms with Gasteiger partial charge in [-0.2, -0.15) is 5.10 Å². The van der Waals surface area contributed by atoms with Gasteiger partial charge in [-0.05, 0) is 68.8 Å². The average Bonchev–Trinajstić information content (AvgIpc) is 3.14. The van der Waals surface area contributed by atoms with Crippen molar-refractivity contribution in [1.82, 2.24) is 10.2 Å². The highest BCUT2D eigenvalue weighted by atomic mass is 16.5. The first-order chi connectivity index (χ1) is 15.9. The van der Waals surface area contributed by atoms with E-state index in [9.17, 15) is 9.59 Å². The highest BCUT2D eigenvalue weighted by Crippen LogP contribution is 2.28. The minimum Gasteiger partial charge on any atom is -0.493 e. The fourth-order valence-electron chi connectivity index (χ4n) is 3.00. The Labute approximate surface area is 191 Å². The van der Waals surface area contributed by atoms with Crippen LogP contribution in [0, 0.1) is 13.8 Å². The molecule has 1 amide bonds. The van der Waals surface area contributed by atoms with Crippen LogP contribution in [0.4, 0.5) is 11.4 Å². The lowest BCUT2D eigenvalue weighted by molar-refractivity contribution is -0.118. The Hall–Kier alpha value is -4.14. The maximum Gasteiger partial charge on any atom is 0.338 e. The van der Waals surface area contributed by atoms with Crippen molar-refractivity contribution in [2.75, 3.05) is 25.6 Å². The number of rotatable bonds is 9. The third-order valence-corrected chi connectivity index (χ3v) is 4.66. The Morgan fingerprint density at radius 2 is 1.88 bits per heavy atom. The molecule has 0 atom stereocenters.